The van der Waals surface area contributed by atoms with Crippen LogP contribution in [0, 0.1) is 0 Å². The Balaban J connectivity index is 2.42. The van der Waals surface area contributed by atoms with Gasteiger partial charge in [-0.05, 0) is 17.7 Å². The Morgan fingerprint density at radius 1 is 1.33 bits per heavy atom. The molecule has 0 aliphatic rings. The predicted molar refractivity (Wildman–Crippen MR) is 50.7 cm³/mol. The monoisotopic (exact) mass is 163 g/mol. The molecule has 0 atom stereocenters. The fraction of sp³-hybridized carbons (Fsp3) is 0.200. The molecule has 0 bridgehead atoms. The molecule has 1 aromatic rings. The van der Waals surface area contributed by atoms with E-state index in [2.05, 4.69) is 6.58 Å². The highest BCUT2D eigenvalue weighted by Crippen LogP contribution is 2.05. The quantitative estimate of drug-likeness (QED) is 0.418. The molecule has 0 radical (unpaired) electrons. The molecule has 2 N–H and O–H groups in total. The zero-order valence-corrected chi connectivity index (χ0v) is 6.99. The van der Waals surface area contributed by atoms with Crippen LogP contribution in [0.5, 0.6) is 0 Å². The SMILES string of the molecule is C=COCCc1ccc(N)cc1. The number of nitrogens with two attached hydrogens (primary N) is 1. The van der Waals surface area contributed by atoms with E-state index < -0.39 is 0 Å². The highest BCUT2D eigenvalue weighted by molar-refractivity contribution is 5.39. The molecule has 0 fully saturated rings. The zero-order valence-electron chi connectivity index (χ0n) is 6.99. The maximum atomic E-state index is 5.53. The summed E-state index contributed by atoms with van der Waals surface area (Å²) >= 11 is 0. The Kier molecular flexibility index (Phi) is 3.20. The van der Waals surface area contributed by atoms with Crippen LogP contribution in [0.3, 0.4) is 0 Å². The number of ether oxygens (including phenoxy) is 1. The van der Waals surface area contributed by atoms with Gasteiger partial charge in [0, 0.05) is 12.1 Å². The molecule has 2 heteroatoms. The van der Waals surface area contributed by atoms with E-state index in [4.69, 9.17) is 10.5 Å². The Bertz CT molecular complexity index is 241. The molecule has 0 saturated carbocycles. The van der Waals surface area contributed by atoms with Gasteiger partial charge in [0.15, 0.2) is 0 Å². The minimum Gasteiger partial charge on any atom is -0.501 e. The van der Waals surface area contributed by atoms with Crippen molar-refractivity contribution in [1.29, 1.82) is 0 Å². The lowest BCUT2D eigenvalue weighted by molar-refractivity contribution is 0.255. The van der Waals surface area contributed by atoms with E-state index in [9.17, 15) is 0 Å². The summed E-state index contributed by atoms with van der Waals surface area (Å²) in [4.78, 5) is 0. The number of hydrogen-bond donors (Lipinski definition) is 1. The largest absolute Gasteiger partial charge is 0.501 e. The van der Waals surface area contributed by atoms with E-state index in [1.54, 1.807) is 0 Å². The standard InChI is InChI=1S/C10H13NO/c1-2-12-8-7-9-3-5-10(11)6-4-9/h2-6H,1,7-8,11H2. The Morgan fingerprint density at radius 2 is 2.00 bits per heavy atom. The second kappa shape index (κ2) is 4.44. The summed E-state index contributed by atoms with van der Waals surface area (Å²) < 4.78 is 5.00. The van der Waals surface area contributed by atoms with Gasteiger partial charge in [-0.15, -0.1) is 0 Å². The molecule has 1 aromatic carbocycles. The van der Waals surface area contributed by atoms with E-state index in [-0.39, 0.29) is 0 Å². The van der Waals surface area contributed by atoms with Crippen LogP contribution in [-0.2, 0) is 11.2 Å². The lowest BCUT2D eigenvalue weighted by atomic mass is 10.1. The third kappa shape index (κ3) is 2.66. The first-order chi connectivity index (χ1) is 5.83. The first-order valence-electron chi connectivity index (χ1n) is 3.90. The molecule has 2 nitrogen and oxygen atoms in total. The Labute approximate surface area is 72.7 Å². The summed E-state index contributed by atoms with van der Waals surface area (Å²) in [5.74, 6) is 0. The van der Waals surface area contributed by atoms with Gasteiger partial charge in [-0.25, -0.2) is 0 Å². The second-order valence-electron chi connectivity index (χ2n) is 2.53. The molecule has 0 unspecified atom stereocenters. The molecule has 12 heavy (non-hydrogen) atoms. The lowest BCUT2D eigenvalue weighted by Crippen LogP contribution is -1.93. The fourth-order valence-electron chi connectivity index (χ4n) is 0.944. The summed E-state index contributed by atoms with van der Waals surface area (Å²) in [6.07, 6.45) is 2.35. The van der Waals surface area contributed by atoms with Crippen molar-refractivity contribution in [2.24, 2.45) is 0 Å². The molecule has 0 aliphatic carbocycles. The summed E-state index contributed by atoms with van der Waals surface area (Å²) in [6, 6.07) is 7.79. The smallest absolute Gasteiger partial charge is 0.0913 e. The number of hydrogen-bond acceptors (Lipinski definition) is 2. The summed E-state index contributed by atoms with van der Waals surface area (Å²) in [5.41, 5.74) is 7.56. The predicted octanol–water partition coefficient (Wildman–Crippen LogP) is 1.97. The molecule has 1 rings (SSSR count). The summed E-state index contributed by atoms with van der Waals surface area (Å²) in [7, 11) is 0. The third-order valence-electron chi connectivity index (χ3n) is 1.61. The van der Waals surface area contributed by atoms with Gasteiger partial charge >= 0.3 is 0 Å². The van der Waals surface area contributed by atoms with E-state index in [0.717, 1.165) is 12.1 Å². The van der Waals surface area contributed by atoms with E-state index in [0.29, 0.717) is 6.61 Å². The highest BCUT2D eigenvalue weighted by atomic mass is 16.5. The van der Waals surface area contributed by atoms with Crippen LogP contribution in [0.4, 0.5) is 5.69 Å². The molecule has 0 spiro atoms. The number of anilines is 1. The van der Waals surface area contributed by atoms with Crippen LogP contribution in [-0.4, -0.2) is 6.61 Å². The normalized spacial score (nSPS) is 9.33. The van der Waals surface area contributed by atoms with E-state index >= 15 is 0 Å². The van der Waals surface area contributed by atoms with Gasteiger partial charge in [-0.1, -0.05) is 18.7 Å². The second-order valence-corrected chi connectivity index (χ2v) is 2.53. The zero-order chi connectivity index (χ0) is 8.81. The average Bonchev–Trinajstić information content (AvgIpc) is 2.09. The van der Waals surface area contributed by atoms with Crippen LogP contribution in [0.2, 0.25) is 0 Å². The molecular weight excluding hydrogens is 150 g/mol. The van der Waals surface area contributed by atoms with Gasteiger partial charge in [0.25, 0.3) is 0 Å². The van der Waals surface area contributed by atoms with Crippen LogP contribution < -0.4 is 5.73 Å². The average molecular weight is 163 g/mol. The molecule has 0 aliphatic heterocycles. The Morgan fingerprint density at radius 3 is 2.58 bits per heavy atom. The maximum Gasteiger partial charge on any atom is 0.0913 e. The third-order valence-corrected chi connectivity index (χ3v) is 1.61. The van der Waals surface area contributed by atoms with Gasteiger partial charge in [0.2, 0.25) is 0 Å². The molecule has 0 amide bonds. The van der Waals surface area contributed by atoms with Crippen molar-refractivity contribution in [1.82, 2.24) is 0 Å². The van der Waals surface area contributed by atoms with E-state index in [1.807, 2.05) is 24.3 Å². The van der Waals surface area contributed by atoms with E-state index in [1.165, 1.54) is 11.8 Å². The van der Waals surface area contributed by atoms with Crippen molar-refractivity contribution in [3.63, 3.8) is 0 Å². The van der Waals surface area contributed by atoms with Crippen LogP contribution in [0.25, 0.3) is 0 Å². The number of rotatable bonds is 4. The van der Waals surface area contributed by atoms with Gasteiger partial charge in [-0.2, -0.15) is 0 Å². The lowest BCUT2D eigenvalue weighted by Gasteiger charge is -2.01. The van der Waals surface area contributed by atoms with Gasteiger partial charge in [0.05, 0.1) is 12.9 Å². The summed E-state index contributed by atoms with van der Waals surface area (Å²) in [5, 5.41) is 0. The first kappa shape index (κ1) is 8.65. The van der Waals surface area contributed by atoms with Crippen LogP contribution in [0.1, 0.15) is 5.56 Å². The number of benzene rings is 1. The fourth-order valence-corrected chi connectivity index (χ4v) is 0.944. The minimum atomic E-state index is 0.674. The van der Waals surface area contributed by atoms with Gasteiger partial charge in [0.1, 0.15) is 0 Å². The van der Waals surface area contributed by atoms with Crippen molar-refractivity contribution in [2.75, 3.05) is 12.3 Å². The van der Waals surface area contributed by atoms with Gasteiger partial charge < -0.3 is 10.5 Å². The highest BCUT2D eigenvalue weighted by Gasteiger charge is 1.91. The molecule has 0 saturated heterocycles. The van der Waals surface area contributed by atoms with Gasteiger partial charge in [-0.3, -0.25) is 0 Å². The molecule has 0 aromatic heterocycles. The maximum absolute atomic E-state index is 5.53. The molecule has 0 heterocycles. The van der Waals surface area contributed by atoms with Crippen molar-refractivity contribution >= 4 is 5.69 Å². The summed E-state index contributed by atoms with van der Waals surface area (Å²) in [6.45, 7) is 4.14. The Hall–Kier alpha value is -1.44. The van der Waals surface area contributed by atoms with Crippen molar-refractivity contribution in [2.45, 2.75) is 6.42 Å². The number of nitrogen functional groups attached to an aromatic ring is 1. The van der Waals surface area contributed by atoms with Crippen LogP contribution in [0.15, 0.2) is 37.1 Å². The minimum absolute atomic E-state index is 0.674. The van der Waals surface area contributed by atoms with Crippen molar-refractivity contribution in [3.8, 4) is 0 Å². The molecule has 64 valence electrons. The van der Waals surface area contributed by atoms with Crippen molar-refractivity contribution in [3.05, 3.63) is 42.7 Å². The first-order valence-corrected chi connectivity index (χ1v) is 3.90. The molecular formula is C10H13NO. The van der Waals surface area contributed by atoms with Crippen molar-refractivity contribution < 1.29 is 4.74 Å². The topological polar surface area (TPSA) is 35.2 Å². The van der Waals surface area contributed by atoms with Crippen LogP contribution >= 0.6 is 0 Å².